The first-order valence-electron chi connectivity index (χ1n) is 12.2. The maximum atomic E-state index is 13.7. The molecule has 1 N–H and O–H groups in total. The summed E-state index contributed by atoms with van der Waals surface area (Å²) in [5.41, 5.74) is 5.89. The average Bonchev–Trinajstić information content (AvgIpc) is 3.49. The number of amides is 1. The first kappa shape index (κ1) is 22.2. The molecule has 2 aromatic heterocycles. The zero-order chi connectivity index (χ0) is 24.6. The zero-order valence-corrected chi connectivity index (χ0v) is 20.4. The number of para-hydroxylation sites is 1. The summed E-state index contributed by atoms with van der Waals surface area (Å²) in [6.07, 6.45) is 5.04. The fraction of sp³-hybridized carbons (Fsp3) is 0.200. The van der Waals surface area contributed by atoms with E-state index in [2.05, 4.69) is 40.6 Å². The number of nitrogens with one attached hydrogen (secondary N) is 1. The zero-order valence-electron chi connectivity index (χ0n) is 20.4. The van der Waals surface area contributed by atoms with Crippen LogP contribution in [0.4, 0.5) is 0 Å². The minimum Gasteiger partial charge on any atom is -0.488 e. The summed E-state index contributed by atoms with van der Waals surface area (Å²) < 4.78 is 11.5. The van der Waals surface area contributed by atoms with Gasteiger partial charge >= 0.3 is 0 Å². The summed E-state index contributed by atoms with van der Waals surface area (Å²) in [6, 6.07) is 20.2. The van der Waals surface area contributed by atoms with Gasteiger partial charge in [-0.05, 0) is 54.8 Å². The monoisotopic (exact) mass is 477 g/mol. The van der Waals surface area contributed by atoms with E-state index in [1.54, 1.807) is 0 Å². The molecule has 0 radical (unpaired) electrons. The van der Waals surface area contributed by atoms with Crippen LogP contribution in [0.15, 0.2) is 77.5 Å². The molecule has 36 heavy (non-hydrogen) atoms. The van der Waals surface area contributed by atoms with E-state index >= 15 is 0 Å². The number of aryl methyl sites for hydroxylation is 2. The Hall–Kier alpha value is -4.32. The third kappa shape index (κ3) is 3.94. The molecule has 1 aliphatic rings. The van der Waals surface area contributed by atoms with Crippen molar-refractivity contribution in [2.75, 3.05) is 13.1 Å². The number of fused-ring (bicyclic) bond motifs is 2. The highest BCUT2D eigenvalue weighted by molar-refractivity contribution is 6.02. The SMILES string of the molecule is Cc1noc(C)c1COc1cc2ccccc2cc1C(=O)N1CC=C(c2c[nH]c3ccccc23)CC1. The summed E-state index contributed by atoms with van der Waals surface area (Å²) in [6.45, 7) is 5.28. The minimum atomic E-state index is -0.0243. The number of carbonyl (C=O) groups is 1. The molecule has 0 saturated heterocycles. The van der Waals surface area contributed by atoms with E-state index in [9.17, 15) is 4.79 Å². The van der Waals surface area contributed by atoms with Gasteiger partial charge in [0, 0.05) is 35.8 Å². The van der Waals surface area contributed by atoms with Crippen molar-refractivity contribution in [3.05, 3.63) is 101 Å². The number of ether oxygens (including phenoxy) is 1. The number of hydrogen-bond donors (Lipinski definition) is 1. The minimum absolute atomic E-state index is 0.0243. The second-order valence-electron chi connectivity index (χ2n) is 9.27. The van der Waals surface area contributed by atoms with Crippen LogP contribution < -0.4 is 4.74 Å². The van der Waals surface area contributed by atoms with Gasteiger partial charge in [-0.25, -0.2) is 0 Å². The fourth-order valence-corrected chi connectivity index (χ4v) is 4.97. The van der Waals surface area contributed by atoms with Gasteiger partial charge in [-0.1, -0.05) is 53.7 Å². The first-order valence-corrected chi connectivity index (χ1v) is 12.2. The Balaban J connectivity index is 1.29. The predicted octanol–water partition coefficient (Wildman–Crippen LogP) is 6.43. The average molecular weight is 478 g/mol. The summed E-state index contributed by atoms with van der Waals surface area (Å²) in [4.78, 5) is 19.0. The van der Waals surface area contributed by atoms with Crippen LogP contribution >= 0.6 is 0 Å². The molecule has 6 heteroatoms. The van der Waals surface area contributed by atoms with Gasteiger partial charge in [0.05, 0.1) is 16.8 Å². The van der Waals surface area contributed by atoms with Crippen LogP contribution in [0.25, 0.3) is 27.2 Å². The van der Waals surface area contributed by atoms with Crippen molar-refractivity contribution in [2.24, 2.45) is 0 Å². The van der Waals surface area contributed by atoms with Crippen molar-refractivity contribution in [1.82, 2.24) is 15.0 Å². The number of hydrogen-bond acceptors (Lipinski definition) is 4. The van der Waals surface area contributed by atoms with Crippen LogP contribution in [0.5, 0.6) is 5.75 Å². The molecule has 0 spiro atoms. The Kier molecular flexibility index (Phi) is 5.56. The predicted molar refractivity (Wildman–Crippen MR) is 141 cm³/mol. The molecule has 0 saturated carbocycles. The smallest absolute Gasteiger partial charge is 0.257 e. The molecular weight excluding hydrogens is 450 g/mol. The van der Waals surface area contributed by atoms with Crippen molar-refractivity contribution in [3.63, 3.8) is 0 Å². The molecule has 0 atom stereocenters. The lowest BCUT2D eigenvalue weighted by molar-refractivity contribution is 0.0768. The number of H-pyrrole nitrogens is 1. The molecular formula is C30H27N3O3. The lowest BCUT2D eigenvalue weighted by Crippen LogP contribution is -2.35. The van der Waals surface area contributed by atoms with Crippen molar-refractivity contribution in [2.45, 2.75) is 26.9 Å². The number of nitrogens with zero attached hydrogens (tertiary/aromatic N) is 2. The number of benzene rings is 3. The van der Waals surface area contributed by atoms with E-state index in [1.807, 2.05) is 61.2 Å². The van der Waals surface area contributed by atoms with E-state index in [0.29, 0.717) is 31.0 Å². The number of rotatable bonds is 5. The Morgan fingerprint density at radius 3 is 2.61 bits per heavy atom. The molecule has 5 aromatic rings. The van der Waals surface area contributed by atoms with Gasteiger partial charge < -0.3 is 19.1 Å². The van der Waals surface area contributed by atoms with Gasteiger partial charge in [-0.3, -0.25) is 4.79 Å². The number of aromatic amines is 1. The molecule has 0 aliphatic carbocycles. The lowest BCUT2D eigenvalue weighted by atomic mass is 9.98. The summed E-state index contributed by atoms with van der Waals surface area (Å²) in [5.74, 6) is 1.28. The molecule has 0 fully saturated rings. The van der Waals surface area contributed by atoms with Crippen molar-refractivity contribution >= 4 is 33.2 Å². The maximum Gasteiger partial charge on any atom is 0.257 e. The van der Waals surface area contributed by atoms with E-state index in [4.69, 9.17) is 9.26 Å². The Labute approximate surface area is 209 Å². The molecule has 180 valence electrons. The van der Waals surface area contributed by atoms with Crippen LogP contribution in [0, 0.1) is 13.8 Å². The van der Waals surface area contributed by atoms with Crippen molar-refractivity contribution in [1.29, 1.82) is 0 Å². The van der Waals surface area contributed by atoms with Crippen molar-refractivity contribution < 1.29 is 14.1 Å². The molecule has 3 aromatic carbocycles. The van der Waals surface area contributed by atoms with E-state index in [0.717, 1.165) is 39.7 Å². The molecule has 3 heterocycles. The van der Waals surface area contributed by atoms with E-state index in [-0.39, 0.29) is 5.91 Å². The van der Waals surface area contributed by atoms with Gasteiger partial charge in [-0.15, -0.1) is 0 Å². The second-order valence-corrected chi connectivity index (χ2v) is 9.27. The first-order chi connectivity index (χ1) is 17.6. The Morgan fingerprint density at radius 1 is 1.08 bits per heavy atom. The third-order valence-corrected chi connectivity index (χ3v) is 7.06. The normalized spacial score (nSPS) is 13.8. The van der Waals surface area contributed by atoms with E-state index in [1.165, 1.54) is 16.5 Å². The van der Waals surface area contributed by atoms with E-state index < -0.39 is 0 Å². The molecule has 0 bridgehead atoms. The topological polar surface area (TPSA) is 71.4 Å². The van der Waals surface area contributed by atoms with Gasteiger partial charge in [0.2, 0.25) is 0 Å². The maximum absolute atomic E-state index is 13.7. The largest absolute Gasteiger partial charge is 0.488 e. The van der Waals surface area contributed by atoms with Gasteiger partial charge in [0.25, 0.3) is 5.91 Å². The van der Waals surface area contributed by atoms with Gasteiger partial charge in [0.1, 0.15) is 18.1 Å². The molecule has 6 nitrogen and oxygen atoms in total. The van der Waals surface area contributed by atoms with Crippen LogP contribution in [0.1, 0.15) is 39.4 Å². The summed E-state index contributed by atoms with van der Waals surface area (Å²) in [7, 11) is 0. The van der Waals surface area contributed by atoms with Crippen LogP contribution in [-0.4, -0.2) is 34.0 Å². The highest BCUT2D eigenvalue weighted by Crippen LogP contribution is 2.32. The van der Waals surface area contributed by atoms with Crippen LogP contribution in [0.3, 0.4) is 0 Å². The summed E-state index contributed by atoms with van der Waals surface area (Å²) in [5, 5.41) is 7.28. The number of carbonyl (C=O) groups excluding carboxylic acids is 1. The molecule has 1 amide bonds. The van der Waals surface area contributed by atoms with Crippen molar-refractivity contribution in [3.8, 4) is 5.75 Å². The van der Waals surface area contributed by atoms with Crippen LogP contribution in [-0.2, 0) is 6.61 Å². The lowest BCUT2D eigenvalue weighted by Gasteiger charge is -2.27. The number of aromatic nitrogens is 2. The molecule has 1 aliphatic heterocycles. The van der Waals surface area contributed by atoms with Crippen LogP contribution in [0.2, 0.25) is 0 Å². The standard InChI is InChI=1S/C30H27N3O3/c1-19-27(20(2)36-32-19)18-35-29-16-23-8-4-3-7-22(23)15-25(29)30(34)33-13-11-21(12-14-33)26-17-31-28-10-6-5-9-24(26)28/h3-11,15-17,31H,12-14,18H2,1-2H3. The second kappa shape index (κ2) is 9.04. The summed E-state index contributed by atoms with van der Waals surface area (Å²) >= 11 is 0. The quantitative estimate of drug-likeness (QED) is 0.316. The Morgan fingerprint density at radius 2 is 1.86 bits per heavy atom. The van der Waals surface area contributed by atoms with Gasteiger partial charge in [-0.2, -0.15) is 0 Å². The molecule has 6 rings (SSSR count). The third-order valence-electron chi connectivity index (χ3n) is 7.06. The highest BCUT2D eigenvalue weighted by atomic mass is 16.5. The Bertz CT molecular complexity index is 1610. The fourth-order valence-electron chi connectivity index (χ4n) is 4.97. The molecule has 0 unspecified atom stereocenters. The highest BCUT2D eigenvalue weighted by Gasteiger charge is 2.24. The van der Waals surface area contributed by atoms with Gasteiger partial charge in [0.15, 0.2) is 0 Å².